The summed E-state index contributed by atoms with van der Waals surface area (Å²) >= 11 is 0. The van der Waals surface area contributed by atoms with Gasteiger partial charge >= 0.3 is 0 Å². The Morgan fingerprint density at radius 2 is 2.03 bits per heavy atom. The average molecular weight is 557 g/mol. The number of aliphatic hydroxyl groups is 1. The van der Waals surface area contributed by atoms with Crippen LogP contribution in [0.2, 0.25) is 0 Å². The molecular formula is C23H36IN5O3. The maximum Gasteiger partial charge on any atom is 0.191 e. The molecule has 1 heterocycles. The second kappa shape index (κ2) is 12.3. The van der Waals surface area contributed by atoms with Crippen molar-refractivity contribution in [3.05, 3.63) is 41.7 Å². The van der Waals surface area contributed by atoms with Crippen molar-refractivity contribution in [1.29, 1.82) is 0 Å². The molecule has 0 aliphatic heterocycles. The summed E-state index contributed by atoms with van der Waals surface area (Å²) in [6.45, 7) is 5.28. The Bertz CT molecular complexity index is 878. The van der Waals surface area contributed by atoms with Crippen molar-refractivity contribution in [1.82, 2.24) is 20.4 Å². The Morgan fingerprint density at radius 3 is 2.66 bits per heavy atom. The van der Waals surface area contributed by atoms with Crippen molar-refractivity contribution in [3.63, 3.8) is 0 Å². The van der Waals surface area contributed by atoms with Gasteiger partial charge in [-0.15, -0.1) is 24.0 Å². The first-order valence-electron chi connectivity index (χ1n) is 11.0. The second-order valence-electron chi connectivity index (χ2n) is 8.23. The molecular weight excluding hydrogens is 521 g/mol. The Balaban J connectivity index is 0.00000363. The number of guanidine groups is 1. The molecule has 0 radical (unpaired) electrons. The predicted octanol–water partition coefficient (Wildman–Crippen LogP) is 3.33. The number of methoxy groups -OCH3 is 1. The fraction of sp³-hybridized carbons (Fsp3) is 0.565. The van der Waals surface area contributed by atoms with E-state index >= 15 is 0 Å². The number of hydrogen-bond donors (Lipinski definition) is 3. The Morgan fingerprint density at radius 1 is 1.28 bits per heavy atom. The van der Waals surface area contributed by atoms with Gasteiger partial charge in [0.25, 0.3) is 0 Å². The van der Waals surface area contributed by atoms with Crippen LogP contribution in [0.5, 0.6) is 11.5 Å². The molecule has 1 saturated carbocycles. The van der Waals surface area contributed by atoms with Gasteiger partial charge < -0.3 is 25.2 Å². The lowest BCUT2D eigenvalue weighted by atomic mass is 10.00. The number of hydrogen-bond acceptors (Lipinski definition) is 5. The van der Waals surface area contributed by atoms with Crippen LogP contribution in [0.25, 0.3) is 0 Å². The van der Waals surface area contributed by atoms with E-state index in [1.165, 1.54) is 12.8 Å². The van der Waals surface area contributed by atoms with E-state index in [4.69, 9.17) is 9.47 Å². The van der Waals surface area contributed by atoms with Crippen molar-refractivity contribution in [2.45, 2.75) is 57.8 Å². The highest BCUT2D eigenvalue weighted by Gasteiger charge is 2.25. The topological polar surface area (TPSA) is 92.9 Å². The molecule has 0 saturated heterocycles. The van der Waals surface area contributed by atoms with Gasteiger partial charge in [-0.1, -0.05) is 6.07 Å². The highest BCUT2D eigenvalue weighted by molar-refractivity contribution is 14.0. The molecule has 1 atom stereocenters. The maximum atomic E-state index is 10.8. The normalized spacial score (nSPS) is 16.2. The molecule has 3 N–H and O–H groups in total. The minimum Gasteiger partial charge on any atom is -0.493 e. The van der Waals surface area contributed by atoms with E-state index in [1.54, 1.807) is 24.9 Å². The van der Waals surface area contributed by atoms with Gasteiger partial charge in [-0.3, -0.25) is 4.68 Å². The molecule has 1 fully saturated rings. The van der Waals surface area contributed by atoms with E-state index in [1.807, 2.05) is 38.4 Å². The fourth-order valence-electron chi connectivity index (χ4n) is 3.67. The lowest BCUT2D eigenvalue weighted by molar-refractivity contribution is 0.0616. The van der Waals surface area contributed by atoms with Crippen molar-refractivity contribution in [2.75, 3.05) is 20.2 Å². The second-order valence-corrected chi connectivity index (χ2v) is 8.23. The first-order valence-corrected chi connectivity index (χ1v) is 11.0. The lowest BCUT2D eigenvalue weighted by Crippen LogP contribution is -2.44. The molecule has 9 heteroatoms. The van der Waals surface area contributed by atoms with Crippen LogP contribution < -0.4 is 20.1 Å². The van der Waals surface area contributed by atoms with Crippen LogP contribution >= 0.6 is 24.0 Å². The number of benzene rings is 1. The van der Waals surface area contributed by atoms with Gasteiger partial charge in [-0.25, -0.2) is 4.99 Å². The number of ether oxygens (including phenoxy) is 2. The number of rotatable bonds is 9. The van der Waals surface area contributed by atoms with Gasteiger partial charge in [0.15, 0.2) is 17.5 Å². The van der Waals surface area contributed by atoms with Crippen LogP contribution in [0.4, 0.5) is 0 Å². The molecule has 32 heavy (non-hydrogen) atoms. The van der Waals surface area contributed by atoms with Crippen LogP contribution in [0.1, 0.15) is 50.7 Å². The highest BCUT2D eigenvalue weighted by atomic mass is 127. The van der Waals surface area contributed by atoms with E-state index in [-0.39, 0.29) is 30.1 Å². The molecule has 3 rings (SSSR count). The summed E-state index contributed by atoms with van der Waals surface area (Å²) < 4.78 is 13.3. The summed E-state index contributed by atoms with van der Waals surface area (Å²) in [6, 6.07) is 5.94. The quantitative estimate of drug-likeness (QED) is 0.249. The van der Waals surface area contributed by atoms with E-state index in [0.717, 1.165) is 42.0 Å². The third-order valence-corrected chi connectivity index (χ3v) is 5.51. The summed E-state index contributed by atoms with van der Waals surface area (Å²) in [5, 5.41) is 21.4. The van der Waals surface area contributed by atoms with Crippen molar-refractivity contribution in [2.24, 2.45) is 12.0 Å². The van der Waals surface area contributed by atoms with Gasteiger partial charge in [0.2, 0.25) is 0 Å². The standard InChI is InChI=1S/C23H35N5O3.HI/c1-5-24-22(26-16-23(2,29)18-14-27-28(3)15-18)25-13-17-10-11-20(30-4)21(12-17)31-19-8-6-7-9-19;/h10-12,14-15,19,29H,5-9,13,16H2,1-4H3,(H2,24,25,26);1H. The average Bonchev–Trinajstić information content (AvgIpc) is 3.42. The number of nitrogens with one attached hydrogen (secondary N) is 2. The van der Waals surface area contributed by atoms with Crippen LogP contribution in [0.3, 0.4) is 0 Å². The third kappa shape index (κ3) is 7.26. The van der Waals surface area contributed by atoms with Crippen LogP contribution in [-0.2, 0) is 19.2 Å². The monoisotopic (exact) mass is 557 g/mol. The van der Waals surface area contributed by atoms with E-state index < -0.39 is 5.60 Å². The summed E-state index contributed by atoms with van der Waals surface area (Å²) in [6.07, 6.45) is 8.38. The van der Waals surface area contributed by atoms with Crippen LogP contribution in [-0.4, -0.2) is 47.1 Å². The lowest BCUT2D eigenvalue weighted by Gasteiger charge is -2.23. The van der Waals surface area contributed by atoms with E-state index in [0.29, 0.717) is 19.0 Å². The van der Waals surface area contributed by atoms with E-state index in [9.17, 15) is 5.11 Å². The molecule has 1 aliphatic rings. The smallest absolute Gasteiger partial charge is 0.191 e. The summed E-state index contributed by atoms with van der Waals surface area (Å²) in [5.41, 5.74) is 0.722. The molecule has 1 aliphatic carbocycles. The fourth-order valence-corrected chi connectivity index (χ4v) is 3.67. The Kier molecular flexibility index (Phi) is 10.1. The number of aliphatic imine (C=N–C) groups is 1. The minimum absolute atomic E-state index is 0. The van der Waals surface area contributed by atoms with Crippen molar-refractivity contribution >= 4 is 29.9 Å². The summed E-state index contributed by atoms with van der Waals surface area (Å²) in [4.78, 5) is 4.68. The molecule has 178 valence electrons. The van der Waals surface area contributed by atoms with Crippen LogP contribution in [0, 0.1) is 0 Å². The molecule has 2 aromatic rings. The summed E-state index contributed by atoms with van der Waals surface area (Å²) in [7, 11) is 3.49. The molecule has 0 spiro atoms. The SMILES string of the molecule is CCNC(=NCc1ccc(OC)c(OC2CCCC2)c1)NCC(C)(O)c1cnn(C)c1.I. The van der Waals surface area contributed by atoms with Gasteiger partial charge in [-0.2, -0.15) is 5.10 Å². The maximum absolute atomic E-state index is 10.8. The summed E-state index contributed by atoms with van der Waals surface area (Å²) in [5.74, 6) is 2.16. The molecule has 1 unspecified atom stereocenters. The van der Waals surface area contributed by atoms with Gasteiger partial charge in [0, 0.05) is 25.4 Å². The number of aromatic nitrogens is 2. The number of nitrogens with zero attached hydrogens (tertiary/aromatic N) is 3. The van der Waals surface area contributed by atoms with Gasteiger partial charge in [0.1, 0.15) is 5.60 Å². The Hall–Kier alpha value is -2.01. The zero-order chi connectivity index (χ0) is 22.3. The van der Waals surface area contributed by atoms with Gasteiger partial charge in [0.05, 0.1) is 32.5 Å². The molecule has 0 amide bonds. The highest BCUT2D eigenvalue weighted by Crippen LogP contribution is 2.32. The molecule has 0 bridgehead atoms. The first-order chi connectivity index (χ1) is 14.9. The zero-order valence-corrected chi connectivity index (χ0v) is 21.8. The number of halogens is 1. The molecule has 1 aromatic carbocycles. The van der Waals surface area contributed by atoms with Crippen molar-refractivity contribution < 1.29 is 14.6 Å². The van der Waals surface area contributed by atoms with Crippen molar-refractivity contribution in [3.8, 4) is 11.5 Å². The largest absolute Gasteiger partial charge is 0.493 e. The third-order valence-electron chi connectivity index (χ3n) is 5.51. The Labute approximate surface area is 207 Å². The molecule has 8 nitrogen and oxygen atoms in total. The first kappa shape index (κ1) is 26.2. The number of aryl methyl sites for hydroxylation is 1. The zero-order valence-electron chi connectivity index (χ0n) is 19.4. The molecule has 1 aromatic heterocycles. The minimum atomic E-state index is -1.06. The van der Waals surface area contributed by atoms with Gasteiger partial charge in [-0.05, 0) is 57.2 Å². The van der Waals surface area contributed by atoms with Crippen LogP contribution in [0.15, 0.2) is 35.6 Å². The predicted molar refractivity (Wildman–Crippen MR) is 137 cm³/mol. The van der Waals surface area contributed by atoms with E-state index in [2.05, 4.69) is 20.7 Å².